The standard InChI is InChI=1S/C11H11ClO2/c1-2-3-7-14-11(13)9-5-4-6-10(12)8-9/h2-6,8H,7H2,1H3/b3-2+. The molecule has 0 atom stereocenters. The van der Waals surface area contributed by atoms with Gasteiger partial charge in [-0.3, -0.25) is 0 Å². The highest BCUT2D eigenvalue weighted by atomic mass is 35.5. The number of benzene rings is 1. The molecule has 0 aliphatic heterocycles. The molecule has 0 saturated carbocycles. The van der Waals surface area contributed by atoms with E-state index in [9.17, 15) is 4.79 Å². The van der Waals surface area contributed by atoms with Gasteiger partial charge in [0.15, 0.2) is 0 Å². The molecule has 1 aromatic carbocycles. The summed E-state index contributed by atoms with van der Waals surface area (Å²) in [5, 5.41) is 0.533. The molecule has 1 rings (SSSR count). The lowest BCUT2D eigenvalue weighted by Crippen LogP contribution is -2.04. The van der Waals surface area contributed by atoms with E-state index >= 15 is 0 Å². The van der Waals surface area contributed by atoms with Gasteiger partial charge in [0.05, 0.1) is 5.56 Å². The molecule has 0 aromatic heterocycles. The first kappa shape index (κ1) is 10.8. The quantitative estimate of drug-likeness (QED) is 0.566. The Labute approximate surface area is 88.1 Å². The molecule has 2 nitrogen and oxygen atoms in total. The molecule has 74 valence electrons. The SMILES string of the molecule is C/C=C/COC(=O)c1cccc(Cl)c1. The summed E-state index contributed by atoms with van der Waals surface area (Å²) in [6.07, 6.45) is 3.59. The minimum atomic E-state index is -0.356. The van der Waals surface area contributed by atoms with Crippen molar-refractivity contribution in [1.82, 2.24) is 0 Å². The molecule has 3 heteroatoms. The Morgan fingerprint density at radius 1 is 1.57 bits per heavy atom. The second-order valence-electron chi connectivity index (χ2n) is 2.68. The summed E-state index contributed by atoms with van der Waals surface area (Å²) in [7, 11) is 0. The van der Waals surface area contributed by atoms with Gasteiger partial charge in [0, 0.05) is 5.02 Å². The van der Waals surface area contributed by atoms with Crippen molar-refractivity contribution < 1.29 is 9.53 Å². The number of esters is 1. The molecular weight excluding hydrogens is 200 g/mol. The van der Waals surface area contributed by atoms with Crippen LogP contribution in [-0.4, -0.2) is 12.6 Å². The van der Waals surface area contributed by atoms with E-state index in [4.69, 9.17) is 16.3 Å². The van der Waals surface area contributed by atoms with Gasteiger partial charge >= 0.3 is 5.97 Å². The maximum absolute atomic E-state index is 11.4. The van der Waals surface area contributed by atoms with Crippen molar-refractivity contribution in [3.8, 4) is 0 Å². The van der Waals surface area contributed by atoms with Crippen LogP contribution in [0.5, 0.6) is 0 Å². The topological polar surface area (TPSA) is 26.3 Å². The van der Waals surface area contributed by atoms with Gasteiger partial charge in [0.2, 0.25) is 0 Å². The van der Waals surface area contributed by atoms with Gasteiger partial charge in [-0.15, -0.1) is 0 Å². The van der Waals surface area contributed by atoms with Gasteiger partial charge in [-0.05, 0) is 25.1 Å². The third-order valence-electron chi connectivity index (χ3n) is 1.61. The zero-order valence-corrected chi connectivity index (χ0v) is 8.62. The van der Waals surface area contributed by atoms with Crippen molar-refractivity contribution in [2.75, 3.05) is 6.61 Å². The average molecular weight is 211 g/mol. The van der Waals surface area contributed by atoms with E-state index in [0.29, 0.717) is 17.2 Å². The molecule has 0 bridgehead atoms. The van der Waals surface area contributed by atoms with Crippen LogP contribution < -0.4 is 0 Å². The first-order chi connectivity index (χ1) is 6.74. The lowest BCUT2D eigenvalue weighted by molar-refractivity contribution is 0.0549. The zero-order valence-electron chi connectivity index (χ0n) is 7.87. The first-order valence-electron chi connectivity index (χ1n) is 4.28. The summed E-state index contributed by atoms with van der Waals surface area (Å²) in [5.41, 5.74) is 0.474. The third-order valence-corrected chi connectivity index (χ3v) is 1.84. The summed E-state index contributed by atoms with van der Waals surface area (Å²) in [6, 6.07) is 6.68. The number of hydrogen-bond acceptors (Lipinski definition) is 2. The lowest BCUT2D eigenvalue weighted by Gasteiger charge is -2.01. The number of carbonyl (C=O) groups is 1. The van der Waals surface area contributed by atoms with E-state index < -0.39 is 0 Å². The van der Waals surface area contributed by atoms with Crippen LogP contribution in [0.2, 0.25) is 5.02 Å². The summed E-state index contributed by atoms with van der Waals surface area (Å²) < 4.78 is 4.94. The molecule has 0 N–H and O–H groups in total. The Morgan fingerprint density at radius 2 is 2.36 bits per heavy atom. The van der Waals surface area contributed by atoms with Gasteiger partial charge in [0.1, 0.15) is 6.61 Å². The summed E-state index contributed by atoms with van der Waals surface area (Å²) in [5.74, 6) is -0.356. The molecule has 0 amide bonds. The maximum atomic E-state index is 11.4. The van der Waals surface area contributed by atoms with E-state index in [-0.39, 0.29) is 5.97 Å². The fraction of sp³-hybridized carbons (Fsp3) is 0.182. The second-order valence-corrected chi connectivity index (χ2v) is 3.11. The predicted molar refractivity (Wildman–Crippen MR) is 56.5 cm³/mol. The summed E-state index contributed by atoms with van der Waals surface area (Å²) in [6.45, 7) is 2.16. The Kier molecular flexibility index (Phi) is 4.20. The van der Waals surface area contributed by atoms with Crippen LogP contribution in [0.25, 0.3) is 0 Å². The maximum Gasteiger partial charge on any atom is 0.338 e. The van der Waals surface area contributed by atoms with Gasteiger partial charge < -0.3 is 4.74 Å². The molecule has 0 radical (unpaired) electrons. The first-order valence-corrected chi connectivity index (χ1v) is 4.65. The van der Waals surface area contributed by atoms with Crippen molar-refractivity contribution >= 4 is 17.6 Å². The molecule has 14 heavy (non-hydrogen) atoms. The van der Waals surface area contributed by atoms with Crippen molar-refractivity contribution in [3.05, 3.63) is 47.0 Å². The molecule has 0 aliphatic carbocycles. The Hall–Kier alpha value is -1.28. The number of hydrogen-bond donors (Lipinski definition) is 0. The number of carbonyl (C=O) groups excluding carboxylic acids is 1. The lowest BCUT2D eigenvalue weighted by atomic mass is 10.2. The van der Waals surface area contributed by atoms with Crippen LogP contribution in [0.4, 0.5) is 0 Å². The highest BCUT2D eigenvalue weighted by Gasteiger charge is 2.05. The monoisotopic (exact) mass is 210 g/mol. The minimum Gasteiger partial charge on any atom is -0.458 e. The summed E-state index contributed by atoms with van der Waals surface area (Å²) >= 11 is 5.73. The molecule has 0 fully saturated rings. The largest absolute Gasteiger partial charge is 0.458 e. The van der Waals surface area contributed by atoms with Crippen LogP contribution in [0.15, 0.2) is 36.4 Å². The fourth-order valence-corrected chi connectivity index (χ4v) is 1.11. The van der Waals surface area contributed by atoms with E-state index in [1.807, 2.05) is 13.0 Å². The predicted octanol–water partition coefficient (Wildman–Crippen LogP) is 3.07. The van der Waals surface area contributed by atoms with Crippen LogP contribution in [0.1, 0.15) is 17.3 Å². The van der Waals surface area contributed by atoms with Crippen molar-refractivity contribution in [2.45, 2.75) is 6.92 Å². The molecule has 0 saturated heterocycles. The fourth-order valence-electron chi connectivity index (χ4n) is 0.919. The van der Waals surface area contributed by atoms with Crippen LogP contribution in [-0.2, 0) is 4.74 Å². The Balaban J connectivity index is 2.60. The van der Waals surface area contributed by atoms with Crippen LogP contribution >= 0.6 is 11.6 Å². The third kappa shape index (κ3) is 3.23. The Morgan fingerprint density at radius 3 is 3.00 bits per heavy atom. The van der Waals surface area contributed by atoms with Gasteiger partial charge in [-0.2, -0.15) is 0 Å². The molecule has 1 aromatic rings. The van der Waals surface area contributed by atoms with Gasteiger partial charge in [-0.1, -0.05) is 29.8 Å². The van der Waals surface area contributed by atoms with Crippen molar-refractivity contribution in [2.24, 2.45) is 0 Å². The van der Waals surface area contributed by atoms with Crippen LogP contribution in [0, 0.1) is 0 Å². The molecule has 0 spiro atoms. The molecule has 0 unspecified atom stereocenters. The van der Waals surface area contributed by atoms with E-state index in [0.717, 1.165) is 0 Å². The van der Waals surface area contributed by atoms with Crippen LogP contribution in [0.3, 0.4) is 0 Å². The molecule has 0 heterocycles. The Bertz CT molecular complexity index is 345. The van der Waals surface area contributed by atoms with Crippen molar-refractivity contribution in [1.29, 1.82) is 0 Å². The minimum absolute atomic E-state index is 0.293. The average Bonchev–Trinajstić information content (AvgIpc) is 2.18. The van der Waals surface area contributed by atoms with E-state index in [2.05, 4.69) is 0 Å². The van der Waals surface area contributed by atoms with Gasteiger partial charge in [0.25, 0.3) is 0 Å². The highest BCUT2D eigenvalue weighted by Crippen LogP contribution is 2.11. The number of rotatable bonds is 3. The molecule has 0 aliphatic rings. The normalized spacial score (nSPS) is 10.4. The zero-order chi connectivity index (χ0) is 10.4. The smallest absolute Gasteiger partial charge is 0.338 e. The number of allylic oxidation sites excluding steroid dienone is 1. The second kappa shape index (κ2) is 5.45. The number of ether oxygens (including phenoxy) is 1. The van der Waals surface area contributed by atoms with E-state index in [1.165, 1.54) is 0 Å². The van der Waals surface area contributed by atoms with E-state index in [1.54, 1.807) is 30.3 Å². The van der Waals surface area contributed by atoms with Gasteiger partial charge in [-0.25, -0.2) is 4.79 Å². The highest BCUT2D eigenvalue weighted by molar-refractivity contribution is 6.30. The summed E-state index contributed by atoms with van der Waals surface area (Å²) in [4.78, 5) is 11.4. The number of halogens is 1. The van der Waals surface area contributed by atoms with Crippen molar-refractivity contribution in [3.63, 3.8) is 0 Å². The molecular formula is C11H11ClO2.